The SMILES string of the molecule is O=C(C[C@@]1(O)C(=O)N(Cc2ccccc2)c2ccc(Br)cc21)c1cc2ccccc2oc1=O. The molecule has 0 aliphatic carbocycles. The van der Waals surface area contributed by atoms with Crippen molar-refractivity contribution in [3.05, 3.63) is 110 Å². The molecule has 0 spiro atoms. The van der Waals surface area contributed by atoms with Gasteiger partial charge in [-0.25, -0.2) is 4.79 Å². The summed E-state index contributed by atoms with van der Waals surface area (Å²) in [5.74, 6) is -1.28. The van der Waals surface area contributed by atoms with Crippen molar-refractivity contribution in [2.24, 2.45) is 0 Å². The van der Waals surface area contributed by atoms with Crippen LogP contribution in [0.5, 0.6) is 0 Å². The third-order valence-electron chi connectivity index (χ3n) is 5.84. The van der Waals surface area contributed by atoms with E-state index in [0.717, 1.165) is 5.56 Å². The molecule has 1 aliphatic heterocycles. The van der Waals surface area contributed by atoms with Crippen molar-refractivity contribution in [2.75, 3.05) is 4.90 Å². The third kappa shape index (κ3) is 3.69. The molecule has 0 fully saturated rings. The van der Waals surface area contributed by atoms with Crippen molar-refractivity contribution in [2.45, 2.75) is 18.6 Å². The first-order valence-electron chi connectivity index (χ1n) is 10.3. The Morgan fingerprint density at radius 2 is 1.70 bits per heavy atom. The lowest BCUT2D eigenvalue weighted by atomic mass is 9.88. The number of rotatable bonds is 5. The van der Waals surface area contributed by atoms with Crippen molar-refractivity contribution in [3.63, 3.8) is 0 Å². The van der Waals surface area contributed by atoms with Gasteiger partial charge in [-0.2, -0.15) is 0 Å². The average molecular weight is 504 g/mol. The van der Waals surface area contributed by atoms with Crippen molar-refractivity contribution < 1.29 is 19.1 Å². The van der Waals surface area contributed by atoms with Gasteiger partial charge >= 0.3 is 5.63 Å². The molecule has 5 rings (SSSR count). The monoisotopic (exact) mass is 503 g/mol. The lowest BCUT2D eigenvalue weighted by Crippen LogP contribution is -2.42. The number of carbonyl (C=O) groups is 2. The molecule has 1 N–H and O–H groups in total. The summed E-state index contributed by atoms with van der Waals surface area (Å²) in [6.45, 7) is 0.239. The number of amides is 1. The smallest absolute Gasteiger partial charge is 0.347 e. The van der Waals surface area contributed by atoms with Crippen LogP contribution >= 0.6 is 15.9 Å². The minimum Gasteiger partial charge on any atom is -0.422 e. The maximum absolute atomic E-state index is 13.5. The molecule has 0 saturated heterocycles. The summed E-state index contributed by atoms with van der Waals surface area (Å²) in [7, 11) is 0. The topological polar surface area (TPSA) is 87.8 Å². The van der Waals surface area contributed by atoms with Crippen molar-refractivity contribution in [1.82, 2.24) is 0 Å². The van der Waals surface area contributed by atoms with Crippen LogP contribution in [0.2, 0.25) is 0 Å². The molecule has 4 aromatic rings. The normalized spacial score (nSPS) is 17.4. The molecular weight excluding hydrogens is 486 g/mol. The first-order valence-corrected chi connectivity index (χ1v) is 11.1. The molecule has 33 heavy (non-hydrogen) atoms. The third-order valence-corrected chi connectivity index (χ3v) is 6.33. The number of hydrogen-bond donors (Lipinski definition) is 1. The van der Waals surface area contributed by atoms with E-state index in [9.17, 15) is 19.5 Å². The van der Waals surface area contributed by atoms with Gasteiger partial charge in [0.05, 0.1) is 18.7 Å². The van der Waals surface area contributed by atoms with Gasteiger partial charge in [-0.1, -0.05) is 64.5 Å². The zero-order valence-corrected chi connectivity index (χ0v) is 18.9. The maximum atomic E-state index is 13.5. The van der Waals surface area contributed by atoms with Crippen LogP contribution in [-0.2, 0) is 16.9 Å². The Morgan fingerprint density at radius 1 is 0.970 bits per heavy atom. The van der Waals surface area contributed by atoms with Crippen molar-refractivity contribution in [3.8, 4) is 0 Å². The van der Waals surface area contributed by atoms with E-state index in [1.807, 2.05) is 30.3 Å². The van der Waals surface area contributed by atoms with Crippen LogP contribution in [-0.4, -0.2) is 16.8 Å². The zero-order chi connectivity index (χ0) is 23.2. The Bertz CT molecular complexity index is 1460. The van der Waals surface area contributed by atoms with Gasteiger partial charge in [-0.15, -0.1) is 0 Å². The molecule has 0 unspecified atom stereocenters. The molecule has 0 saturated carbocycles. The predicted molar refractivity (Wildman–Crippen MR) is 127 cm³/mol. The van der Waals surface area contributed by atoms with E-state index in [2.05, 4.69) is 15.9 Å². The van der Waals surface area contributed by atoms with Crippen LogP contribution < -0.4 is 10.5 Å². The standard InChI is InChI=1S/C26H18BrNO5/c27-18-10-11-21-20(13-18)26(32,25(31)28(21)15-16-6-2-1-3-7-16)14-22(29)19-12-17-8-4-5-9-23(17)33-24(19)30/h1-13,32H,14-15H2/t26-/m0/s1. The molecular formula is C26H18BrNO5. The first kappa shape index (κ1) is 21.3. The van der Waals surface area contributed by atoms with E-state index >= 15 is 0 Å². The Balaban J connectivity index is 1.54. The second-order valence-corrected chi connectivity index (χ2v) is 8.90. The van der Waals surface area contributed by atoms with Gasteiger partial charge in [0.15, 0.2) is 11.4 Å². The predicted octanol–water partition coefficient (Wildman–Crippen LogP) is 4.56. The maximum Gasteiger partial charge on any atom is 0.347 e. The number of fused-ring (bicyclic) bond motifs is 2. The number of nitrogens with zero attached hydrogens (tertiary/aromatic N) is 1. The number of carbonyl (C=O) groups excluding carboxylic acids is 2. The number of anilines is 1. The number of halogens is 1. The van der Waals surface area contributed by atoms with E-state index < -0.39 is 29.3 Å². The second-order valence-electron chi connectivity index (χ2n) is 7.98. The Hall–Kier alpha value is -3.55. The number of benzene rings is 3. The molecule has 1 aliphatic rings. The van der Waals surface area contributed by atoms with Gasteiger partial charge < -0.3 is 14.4 Å². The minimum absolute atomic E-state index is 0.201. The van der Waals surface area contributed by atoms with Crippen LogP contribution in [0, 0.1) is 0 Å². The van der Waals surface area contributed by atoms with Gasteiger partial charge in [0.25, 0.3) is 5.91 Å². The number of para-hydroxylation sites is 1. The summed E-state index contributed by atoms with van der Waals surface area (Å²) in [6.07, 6.45) is -0.580. The highest BCUT2D eigenvalue weighted by molar-refractivity contribution is 9.10. The molecule has 1 aromatic heterocycles. The highest BCUT2D eigenvalue weighted by atomic mass is 79.9. The number of aliphatic hydroxyl groups is 1. The fraction of sp³-hybridized carbons (Fsp3) is 0.115. The van der Waals surface area contributed by atoms with E-state index in [1.165, 1.54) is 11.0 Å². The summed E-state index contributed by atoms with van der Waals surface area (Å²) < 4.78 is 5.92. The molecule has 1 atom stereocenters. The van der Waals surface area contributed by atoms with Gasteiger partial charge in [0.2, 0.25) is 0 Å². The van der Waals surface area contributed by atoms with Crippen LogP contribution in [0.4, 0.5) is 5.69 Å². The van der Waals surface area contributed by atoms with Crippen LogP contribution in [0.3, 0.4) is 0 Å². The Labute approximate surface area is 197 Å². The molecule has 164 valence electrons. The van der Waals surface area contributed by atoms with Crippen LogP contribution in [0.25, 0.3) is 11.0 Å². The summed E-state index contributed by atoms with van der Waals surface area (Å²) >= 11 is 3.38. The number of Topliss-reactive ketones (excluding diaryl/α,β-unsaturated/α-hetero) is 1. The largest absolute Gasteiger partial charge is 0.422 e. The number of ketones is 1. The summed E-state index contributed by atoms with van der Waals surface area (Å²) in [5, 5.41) is 12.1. The summed E-state index contributed by atoms with van der Waals surface area (Å²) in [5.41, 5.74) is -1.03. The fourth-order valence-corrected chi connectivity index (χ4v) is 4.56. The van der Waals surface area contributed by atoms with Gasteiger partial charge in [-0.05, 0) is 35.9 Å². The molecule has 1 amide bonds. The Kier molecular flexibility index (Phi) is 5.23. The second kappa shape index (κ2) is 8.10. The quantitative estimate of drug-likeness (QED) is 0.318. The summed E-state index contributed by atoms with van der Waals surface area (Å²) in [4.78, 5) is 40.6. The molecule has 0 radical (unpaired) electrons. The molecule has 3 aromatic carbocycles. The van der Waals surface area contributed by atoms with Crippen LogP contribution in [0.1, 0.15) is 27.9 Å². The highest BCUT2D eigenvalue weighted by Crippen LogP contribution is 2.44. The molecule has 2 heterocycles. The molecule has 0 bridgehead atoms. The lowest BCUT2D eigenvalue weighted by Gasteiger charge is -2.22. The molecule has 7 heteroatoms. The zero-order valence-electron chi connectivity index (χ0n) is 17.3. The fourth-order valence-electron chi connectivity index (χ4n) is 4.20. The van der Waals surface area contributed by atoms with E-state index in [1.54, 1.807) is 42.5 Å². The van der Waals surface area contributed by atoms with Crippen molar-refractivity contribution in [1.29, 1.82) is 0 Å². The average Bonchev–Trinajstić information content (AvgIpc) is 3.00. The number of hydrogen-bond acceptors (Lipinski definition) is 5. The molecule has 6 nitrogen and oxygen atoms in total. The van der Waals surface area contributed by atoms with E-state index in [4.69, 9.17) is 4.42 Å². The highest BCUT2D eigenvalue weighted by Gasteiger charge is 2.51. The van der Waals surface area contributed by atoms with Crippen LogP contribution in [0.15, 0.2) is 92.5 Å². The Morgan fingerprint density at radius 3 is 2.48 bits per heavy atom. The first-order chi connectivity index (χ1) is 15.9. The van der Waals surface area contributed by atoms with Gasteiger partial charge in [-0.3, -0.25) is 9.59 Å². The van der Waals surface area contributed by atoms with E-state index in [0.29, 0.717) is 26.7 Å². The van der Waals surface area contributed by atoms with Gasteiger partial charge in [0, 0.05) is 15.4 Å². The summed E-state index contributed by atoms with van der Waals surface area (Å²) in [6, 6.07) is 22.8. The van der Waals surface area contributed by atoms with Gasteiger partial charge in [0.1, 0.15) is 11.1 Å². The lowest BCUT2D eigenvalue weighted by molar-refractivity contribution is -0.136. The van der Waals surface area contributed by atoms with Crippen molar-refractivity contribution >= 4 is 44.3 Å². The van der Waals surface area contributed by atoms with E-state index in [-0.39, 0.29) is 12.1 Å². The minimum atomic E-state index is -2.11.